The van der Waals surface area contributed by atoms with Gasteiger partial charge >= 0.3 is 0 Å². The number of para-hydroxylation sites is 1. The van der Waals surface area contributed by atoms with Gasteiger partial charge in [0.1, 0.15) is 5.75 Å². The number of H-pyrrole nitrogens is 1. The normalized spacial score (nSPS) is 19.6. The van der Waals surface area contributed by atoms with Crippen molar-refractivity contribution in [2.24, 2.45) is 0 Å². The number of carbonyl (C=O) groups is 1. The second kappa shape index (κ2) is 11.3. The smallest absolute Gasteiger partial charge is 0.209 e. The summed E-state index contributed by atoms with van der Waals surface area (Å²) in [5, 5.41) is 15.5. The molecule has 3 N–H and O–H groups in total. The van der Waals surface area contributed by atoms with Crippen molar-refractivity contribution in [1.29, 1.82) is 0 Å². The lowest BCUT2D eigenvalue weighted by molar-refractivity contribution is -0.128. The summed E-state index contributed by atoms with van der Waals surface area (Å²) in [5.41, 5.74) is 2.80. The maximum Gasteiger partial charge on any atom is 0.209 e. The Morgan fingerprint density at radius 1 is 1.35 bits per heavy atom. The maximum absolute atomic E-state index is 11.8. The molecule has 1 aliphatic heterocycles. The molecule has 1 fully saturated rings. The summed E-state index contributed by atoms with van der Waals surface area (Å²) in [6.07, 6.45) is 2.38. The summed E-state index contributed by atoms with van der Waals surface area (Å²) in [5.74, 6) is 0.650. The number of benzene rings is 2. The number of aromatic amines is 1. The Morgan fingerprint density at radius 3 is 2.94 bits per heavy atom. The highest BCUT2D eigenvalue weighted by Crippen LogP contribution is 2.29. The molecule has 0 saturated carbocycles. The van der Waals surface area contributed by atoms with Crippen molar-refractivity contribution in [2.75, 3.05) is 26.2 Å². The first kappa shape index (κ1) is 24.7. The average Bonchev–Trinajstić information content (AvgIpc) is 3.24. The Kier molecular flexibility index (Phi) is 8.24. The zero-order valence-corrected chi connectivity index (χ0v) is 20.3. The van der Waals surface area contributed by atoms with Crippen molar-refractivity contribution in [3.63, 3.8) is 0 Å². The fraction of sp³-hybridized carbons (Fsp3) is 0.423. The molecular weight excluding hydrogens is 454 g/mol. The first-order valence-corrected chi connectivity index (χ1v) is 12.1. The van der Waals surface area contributed by atoms with Gasteiger partial charge in [0.05, 0.1) is 24.3 Å². The van der Waals surface area contributed by atoms with Crippen LogP contribution in [0.15, 0.2) is 48.7 Å². The number of morpholine rings is 1. The third-order valence-electron chi connectivity index (χ3n) is 6.18. The van der Waals surface area contributed by atoms with Crippen molar-refractivity contribution in [1.82, 2.24) is 15.2 Å². The minimum atomic E-state index is -0.655. The Labute approximate surface area is 205 Å². The third kappa shape index (κ3) is 5.98. The molecule has 7 nitrogen and oxygen atoms in total. The molecule has 34 heavy (non-hydrogen) atoms. The molecule has 0 spiro atoms. The second-order valence-corrected chi connectivity index (χ2v) is 9.33. The second-order valence-electron chi connectivity index (χ2n) is 8.90. The van der Waals surface area contributed by atoms with E-state index in [0.29, 0.717) is 37.0 Å². The molecule has 2 heterocycles. The van der Waals surface area contributed by atoms with Crippen LogP contribution < -0.4 is 10.1 Å². The minimum absolute atomic E-state index is 0.0686. The van der Waals surface area contributed by atoms with E-state index in [9.17, 15) is 9.90 Å². The number of ether oxygens (including phenoxy) is 2. The Hall–Kier alpha value is -2.42. The van der Waals surface area contributed by atoms with E-state index in [2.05, 4.69) is 17.2 Å². The van der Waals surface area contributed by atoms with Crippen molar-refractivity contribution < 1.29 is 19.4 Å². The largest absolute Gasteiger partial charge is 0.466 e. The highest BCUT2D eigenvalue weighted by atomic mass is 35.5. The standard InChI is InChI=1S/C26H32ClN3O4/c1-17(28-14-23(32)19-5-3-6-21(27)12-19)11-20-13-29-26-22(20)7-4-8-24(26)34-25(16-31)30-9-10-33-18(2)15-30/h3-8,12-13,16-18,23,25,28-29,32H,9-11,14-15H2,1-2H3/t17-,18?,23+,25+/m1/s1. The summed E-state index contributed by atoms with van der Waals surface area (Å²) in [7, 11) is 0. The van der Waals surface area contributed by atoms with Crippen molar-refractivity contribution in [3.8, 4) is 5.75 Å². The third-order valence-corrected chi connectivity index (χ3v) is 6.41. The minimum Gasteiger partial charge on any atom is -0.466 e. The molecule has 0 aliphatic carbocycles. The lowest BCUT2D eigenvalue weighted by atomic mass is 10.0. The van der Waals surface area contributed by atoms with E-state index in [1.807, 2.05) is 48.4 Å². The number of aliphatic hydroxyl groups excluding tert-OH is 1. The summed E-state index contributed by atoms with van der Waals surface area (Å²) < 4.78 is 11.7. The molecule has 0 amide bonds. The molecule has 0 radical (unpaired) electrons. The lowest BCUT2D eigenvalue weighted by Crippen LogP contribution is -2.49. The summed E-state index contributed by atoms with van der Waals surface area (Å²) in [6.45, 7) is 6.41. The van der Waals surface area contributed by atoms with Crippen LogP contribution in [-0.2, 0) is 16.0 Å². The van der Waals surface area contributed by atoms with Crippen LogP contribution in [0.1, 0.15) is 31.1 Å². The van der Waals surface area contributed by atoms with Crippen molar-refractivity contribution in [2.45, 2.75) is 44.7 Å². The zero-order chi connectivity index (χ0) is 24.1. The van der Waals surface area contributed by atoms with Crippen LogP contribution in [0.5, 0.6) is 5.75 Å². The molecule has 2 aromatic carbocycles. The highest BCUT2D eigenvalue weighted by Gasteiger charge is 2.26. The SMILES string of the molecule is CC1CN([C@H](C=O)Oc2cccc3c(C[C@@H](C)NC[C@H](O)c4cccc(Cl)c4)c[nH]c23)CCO1. The summed E-state index contributed by atoms with van der Waals surface area (Å²) >= 11 is 6.03. The van der Waals surface area contributed by atoms with Gasteiger partial charge in [-0.2, -0.15) is 0 Å². The number of carbonyl (C=O) groups excluding carboxylic acids is 1. The molecular formula is C26H32ClN3O4. The zero-order valence-electron chi connectivity index (χ0n) is 19.5. The monoisotopic (exact) mass is 485 g/mol. The number of aldehydes is 1. The van der Waals surface area contributed by atoms with Crippen LogP contribution in [0.2, 0.25) is 5.02 Å². The van der Waals surface area contributed by atoms with E-state index < -0.39 is 12.3 Å². The molecule has 4 atom stereocenters. The van der Waals surface area contributed by atoms with Gasteiger partial charge in [-0.05, 0) is 49.6 Å². The van der Waals surface area contributed by atoms with Gasteiger partial charge in [-0.1, -0.05) is 35.9 Å². The molecule has 8 heteroatoms. The van der Waals surface area contributed by atoms with Crippen LogP contribution in [0.3, 0.4) is 0 Å². The van der Waals surface area contributed by atoms with Gasteiger partial charge in [0.2, 0.25) is 6.23 Å². The average molecular weight is 486 g/mol. The first-order valence-electron chi connectivity index (χ1n) is 11.7. The summed E-state index contributed by atoms with van der Waals surface area (Å²) in [4.78, 5) is 17.1. The Bertz CT molecular complexity index is 1100. The van der Waals surface area contributed by atoms with E-state index in [4.69, 9.17) is 21.1 Å². The number of rotatable bonds is 10. The number of hydrogen-bond donors (Lipinski definition) is 3. The molecule has 1 aromatic heterocycles. The van der Waals surface area contributed by atoms with E-state index in [1.54, 1.807) is 12.1 Å². The fourth-order valence-corrected chi connectivity index (χ4v) is 4.59. The molecule has 0 bridgehead atoms. The van der Waals surface area contributed by atoms with Crippen molar-refractivity contribution in [3.05, 3.63) is 64.8 Å². The number of hydrogen-bond acceptors (Lipinski definition) is 6. The predicted molar refractivity (Wildman–Crippen MR) is 133 cm³/mol. The number of nitrogens with one attached hydrogen (secondary N) is 2. The van der Waals surface area contributed by atoms with E-state index in [0.717, 1.165) is 34.7 Å². The predicted octanol–water partition coefficient (Wildman–Crippen LogP) is 3.70. The Balaban J connectivity index is 1.40. The maximum atomic E-state index is 11.8. The number of fused-ring (bicyclic) bond motifs is 1. The van der Waals surface area contributed by atoms with Gasteiger partial charge in [-0.25, -0.2) is 0 Å². The quantitative estimate of drug-likeness (QED) is 0.380. The highest BCUT2D eigenvalue weighted by molar-refractivity contribution is 6.30. The fourth-order valence-electron chi connectivity index (χ4n) is 4.39. The van der Waals surface area contributed by atoms with Gasteiger partial charge < -0.3 is 24.9 Å². The van der Waals surface area contributed by atoms with Crippen LogP contribution in [0, 0.1) is 0 Å². The van der Waals surface area contributed by atoms with Crippen molar-refractivity contribution >= 4 is 28.8 Å². The van der Waals surface area contributed by atoms with Gasteiger partial charge in [0.15, 0.2) is 6.29 Å². The molecule has 1 saturated heterocycles. The van der Waals surface area contributed by atoms with Crippen LogP contribution >= 0.6 is 11.6 Å². The van der Waals surface area contributed by atoms with Crippen LogP contribution in [-0.4, -0.2) is 65.9 Å². The summed E-state index contributed by atoms with van der Waals surface area (Å²) in [6, 6.07) is 13.3. The van der Waals surface area contributed by atoms with E-state index in [1.165, 1.54) is 0 Å². The number of aliphatic hydroxyl groups is 1. The van der Waals surface area contributed by atoms with Crippen LogP contribution in [0.4, 0.5) is 0 Å². The molecule has 1 unspecified atom stereocenters. The van der Waals surface area contributed by atoms with Gasteiger partial charge in [-0.15, -0.1) is 0 Å². The van der Waals surface area contributed by atoms with Gasteiger partial charge in [0, 0.05) is 42.3 Å². The number of aromatic nitrogens is 1. The molecule has 182 valence electrons. The Morgan fingerprint density at radius 2 is 2.18 bits per heavy atom. The van der Waals surface area contributed by atoms with E-state index >= 15 is 0 Å². The van der Waals surface area contributed by atoms with Gasteiger partial charge in [0.25, 0.3) is 0 Å². The first-order chi connectivity index (χ1) is 16.4. The molecule has 3 aromatic rings. The topological polar surface area (TPSA) is 86.8 Å². The number of halogens is 1. The van der Waals surface area contributed by atoms with Crippen LogP contribution in [0.25, 0.3) is 10.9 Å². The number of nitrogens with zero attached hydrogens (tertiary/aromatic N) is 1. The van der Waals surface area contributed by atoms with Gasteiger partial charge in [-0.3, -0.25) is 9.69 Å². The van der Waals surface area contributed by atoms with E-state index in [-0.39, 0.29) is 12.1 Å². The molecule has 4 rings (SSSR count). The lowest BCUT2D eigenvalue weighted by Gasteiger charge is -2.34. The molecule has 1 aliphatic rings.